The van der Waals surface area contributed by atoms with E-state index in [1.54, 1.807) is 6.07 Å². The molecule has 0 aliphatic carbocycles. The summed E-state index contributed by atoms with van der Waals surface area (Å²) in [4.78, 5) is 44.5. The van der Waals surface area contributed by atoms with Gasteiger partial charge in [0.05, 0.1) is 5.52 Å². The largest absolute Gasteiger partial charge is 0.478 e. The molecule has 0 unspecified atom stereocenters. The minimum Gasteiger partial charge on any atom is -0.478 e. The molecule has 0 aliphatic rings. The highest BCUT2D eigenvalue weighted by Gasteiger charge is 2.04. The third-order valence-electron chi connectivity index (χ3n) is 2.35. The lowest BCUT2D eigenvalue weighted by Gasteiger charge is -1.97. The molecule has 1 aromatic heterocycles. The van der Waals surface area contributed by atoms with Crippen LogP contribution in [0, 0.1) is 0 Å². The van der Waals surface area contributed by atoms with E-state index in [-0.39, 0.29) is 0 Å². The first-order chi connectivity index (χ1) is 10.4. The zero-order valence-corrected chi connectivity index (χ0v) is 11.2. The number of Topliss-reactive ketones (excluding diaryl/α,β-unsaturated/α-hetero) is 1. The SMILES string of the molecule is O=C(O)/C=C/C(=O)O.O=CC(=O)c1cnc2ccccc2c1. The molecule has 0 spiro atoms. The van der Waals surface area contributed by atoms with Crippen molar-refractivity contribution in [2.75, 3.05) is 0 Å². The first-order valence-electron chi connectivity index (χ1n) is 5.92. The average Bonchev–Trinajstić information content (AvgIpc) is 2.52. The Kier molecular flexibility index (Phi) is 6.11. The topological polar surface area (TPSA) is 122 Å². The third kappa shape index (κ3) is 5.33. The van der Waals surface area contributed by atoms with Crippen LogP contribution in [-0.2, 0) is 14.4 Å². The summed E-state index contributed by atoms with van der Waals surface area (Å²) in [7, 11) is 0. The van der Waals surface area contributed by atoms with E-state index in [1.807, 2.05) is 24.3 Å². The van der Waals surface area contributed by atoms with Crippen LogP contribution in [0.15, 0.2) is 48.7 Å². The van der Waals surface area contributed by atoms with Crippen molar-refractivity contribution in [2.24, 2.45) is 0 Å². The normalized spacial score (nSPS) is 9.82. The Balaban J connectivity index is 0.000000261. The number of hydrogen-bond donors (Lipinski definition) is 2. The monoisotopic (exact) mass is 301 g/mol. The molecule has 0 amide bonds. The highest BCUT2D eigenvalue weighted by atomic mass is 16.4. The number of aldehydes is 1. The second-order valence-electron chi connectivity index (χ2n) is 3.91. The zero-order valence-electron chi connectivity index (χ0n) is 11.2. The lowest BCUT2D eigenvalue weighted by atomic mass is 10.1. The van der Waals surface area contributed by atoms with E-state index < -0.39 is 17.7 Å². The summed E-state index contributed by atoms with van der Waals surface area (Å²) >= 11 is 0. The van der Waals surface area contributed by atoms with Crippen molar-refractivity contribution >= 4 is 34.9 Å². The van der Waals surface area contributed by atoms with Crippen molar-refractivity contribution in [3.63, 3.8) is 0 Å². The molecule has 0 aliphatic heterocycles. The van der Waals surface area contributed by atoms with E-state index in [9.17, 15) is 19.2 Å². The van der Waals surface area contributed by atoms with Crippen LogP contribution in [0.4, 0.5) is 0 Å². The Morgan fingerprint density at radius 2 is 1.59 bits per heavy atom. The molecule has 0 saturated heterocycles. The van der Waals surface area contributed by atoms with Crippen molar-refractivity contribution in [1.29, 1.82) is 0 Å². The fourth-order valence-electron chi connectivity index (χ4n) is 1.42. The Labute approximate surface area is 124 Å². The predicted octanol–water partition coefficient (Wildman–Crippen LogP) is 1.33. The molecule has 22 heavy (non-hydrogen) atoms. The van der Waals surface area contributed by atoms with Crippen LogP contribution < -0.4 is 0 Å². The van der Waals surface area contributed by atoms with Gasteiger partial charge < -0.3 is 10.2 Å². The standard InChI is InChI=1S/C11H7NO2.C4H4O4/c13-7-11(14)9-5-8-3-1-2-4-10(8)12-6-9;5-3(6)1-2-4(7)8/h1-7H;1-2H,(H,5,6)(H,7,8)/b;2-1+. The van der Waals surface area contributed by atoms with Gasteiger partial charge in [0.1, 0.15) is 0 Å². The van der Waals surface area contributed by atoms with Crippen molar-refractivity contribution in [1.82, 2.24) is 4.98 Å². The smallest absolute Gasteiger partial charge is 0.328 e. The summed E-state index contributed by atoms with van der Waals surface area (Å²) in [6.45, 7) is 0. The number of carbonyl (C=O) groups is 4. The Morgan fingerprint density at radius 3 is 2.14 bits per heavy atom. The number of benzene rings is 1. The van der Waals surface area contributed by atoms with Gasteiger partial charge in [-0.3, -0.25) is 14.6 Å². The lowest BCUT2D eigenvalue weighted by molar-refractivity contribution is -0.134. The number of aliphatic carboxylic acids is 2. The molecule has 0 fully saturated rings. The van der Waals surface area contributed by atoms with Crippen LogP contribution in [0.3, 0.4) is 0 Å². The van der Waals surface area contributed by atoms with Crippen molar-refractivity contribution in [3.05, 3.63) is 54.2 Å². The quantitative estimate of drug-likeness (QED) is 0.378. The van der Waals surface area contributed by atoms with E-state index in [0.717, 1.165) is 10.9 Å². The van der Waals surface area contributed by atoms with Gasteiger partial charge in [0.2, 0.25) is 5.78 Å². The molecule has 7 heteroatoms. The third-order valence-corrected chi connectivity index (χ3v) is 2.35. The zero-order chi connectivity index (χ0) is 16.5. The van der Waals surface area contributed by atoms with Crippen LogP contribution in [0.25, 0.3) is 10.9 Å². The summed E-state index contributed by atoms with van der Waals surface area (Å²) in [6.07, 6.45) is 2.83. The molecule has 0 atom stereocenters. The predicted molar refractivity (Wildman–Crippen MR) is 76.5 cm³/mol. The number of nitrogens with zero attached hydrogens (tertiary/aromatic N) is 1. The number of carboxylic acid groups (broad SMARTS) is 2. The lowest BCUT2D eigenvalue weighted by Crippen LogP contribution is -2.00. The van der Waals surface area contributed by atoms with Crippen LogP contribution in [0.1, 0.15) is 10.4 Å². The molecule has 7 nitrogen and oxygen atoms in total. The molecule has 0 bridgehead atoms. The minimum atomic E-state index is -1.26. The number of para-hydroxylation sites is 1. The summed E-state index contributed by atoms with van der Waals surface area (Å²) in [5.74, 6) is -3.05. The average molecular weight is 301 g/mol. The van der Waals surface area contributed by atoms with E-state index >= 15 is 0 Å². The molecule has 2 N–H and O–H groups in total. The molecule has 2 aromatic rings. The van der Waals surface area contributed by atoms with Gasteiger partial charge in [0.15, 0.2) is 6.29 Å². The van der Waals surface area contributed by atoms with Crippen LogP contribution in [-0.4, -0.2) is 39.2 Å². The highest BCUT2D eigenvalue weighted by Crippen LogP contribution is 2.12. The van der Waals surface area contributed by atoms with Gasteiger partial charge in [-0.1, -0.05) is 18.2 Å². The summed E-state index contributed by atoms with van der Waals surface area (Å²) in [5.41, 5.74) is 1.15. The molecular weight excluding hydrogens is 290 g/mol. The van der Waals surface area contributed by atoms with Gasteiger partial charge in [-0.15, -0.1) is 0 Å². The van der Waals surface area contributed by atoms with Gasteiger partial charge in [0, 0.05) is 29.3 Å². The van der Waals surface area contributed by atoms with E-state index in [0.29, 0.717) is 24.0 Å². The molecule has 112 valence electrons. The van der Waals surface area contributed by atoms with Gasteiger partial charge in [-0.2, -0.15) is 0 Å². The number of aromatic nitrogens is 1. The van der Waals surface area contributed by atoms with E-state index in [4.69, 9.17) is 10.2 Å². The van der Waals surface area contributed by atoms with Gasteiger partial charge >= 0.3 is 11.9 Å². The van der Waals surface area contributed by atoms with E-state index in [1.165, 1.54) is 6.20 Å². The van der Waals surface area contributed by atoms with Crippen LogP contribution in [0.2, 0.25) is 0 Å². The maximum atomic E-state index is 11.0. The second-order valence-corrected chi connectivity index (χ2v) is 3.91. The van der Waals surface area contributed by atoms with Gasteiger partial charge in [-0.05, 0) is 12.1 Å². The first kappa shape index (κ1) is 16.7. The number of hydrogen-bond acceptors (Lipinski definition) is 5. The van der Waals surface area contributed by atoms with Crippen molar-refractivity contribution < 1.29 is 29.4 Å². The molecule has 0 radical (unpaired) electrons. The number of pyridine rings is 1. The molecule has 1 heterocycles. The summed E-state index contributed by atoms with van der Waals surface area (Å²) in [6, 6.07) is 9.10. The summed E-state index contributed by atoms with van der Waals surface area (Å²) in [5, 5.41) is 16.5. The van der Waals surface area contributed by atoms with Crippen LogP contribution >= 0.6 is 0 Å². The maximum absolute atomic E-state index is 11.0. The highest BCUT2D eigenvalue weighted by molar-refractivity contribution is 6.33. The van der Waals surface area contributed by atoms with Gasteiger partial charge in [0.25, 0.3) is 0 Å². The molecule has 1 aromatic carbocycles. The number of fused-ring (bicyclic) bond motifs is 1. The minimum absolute atomic E-state index is 0.297. The fourth-order valence-corrected chi connectivity index (χ4v) is 1.42. The number of carbonyl (C=O) groups excluding carboxylic acids is 2. The second kappa shape index (κ2) is 8.05. The van der Waals surface area contributed by atoms with Gasteiger partial charge in [-0.25, -0.2) is 9.59 Å². The van der Waals surface area contributed by atoms with Crippen molar-refractivity contribution in [2.45, 2.75) is 0 Å². The van der Waals surface area contributed by atoms with E-state index in [2.05, 4.69) is 4.98 Å². The number of ketones is 1. The molecule has 0 saturated carbocycles. The summed E-state index contributed by atoms with van der Waals surface area (Å²) < 4.78 is 0. The first-order valence-corrected chi connectivity index (χ1v) is 5.92. The van der Waals surface area contributed by atoms with Crippen molar-refractivity contribution in [3.8, 4) is 0 Å². The number of carboxylic acids is 2. The molecular formula is C15H11NO6. The number of rotatable bonds is 4. The Bertz CT molecular complexity index is 735. The fraction of sp³-hybridized carbons (Fsp3) is 0. The molecule has 2 rings (SSSR count). The van der Waals surface area contributed by atoms with Crippen LogP contribution in [0.5, 0.6) is 0 Å². The Hall–Kier alpha value is -3.35. The maximum Gasteiger partial charge on any atom is 0.328 e. The Morgan fingerprint density at radius 1 is 1.00 bits per heavy atom.